The molecule has 0 spiro atoms. The number of hydrogen-bond acceptors (Lipinski definition) is 4. The molecule has 0 aromatic carbocycles. The highest BCUT2D eigenvalue weighted by Gasteiger charge is 2.12. The Morgan fingerprint density at radius 2 is 2.06 bits per heavy atom. The molecule has 0 bridgehead atoms. The van der Waals surface area contributed by atoms with Gasteiger partial charge in [-0.15, -0.1) is 0 Å². The van der Waals surface area contributed by atoms with Crippen molar-refractivity contribution in [1.82, 2.24) is 10.5 Å². The summed E-state index contributed by atoms with van der Waals surface area (Å²) in [5, 5.41) is 7.41. The lowest BCUT2D eigenvalue weighted by Crippen LogP contribution is -2.39. The molecule has 1 unspecified atom stereocenters. The van der Waals surface area contributed by atoms with E-state index in [0.717, 1.165) is 18.0 Å². The zero-order chi connectivity index (χ0) is 12.1. The maximum atomic E-state index is 5.68. The summed E-state index contributed by atoms with van der Waals surface area (Å²) in [5.74, 6) is 1.85. The minimum atomic E-state index is 0.333. The van der Waals surface area contributed by atoms with Crippen molar-refractivity contribution >= 4 is 0 Å². The molecular weight excluding hydrogens is 202 g/mol. The lowest BCUT2D eigenvalue weighted by atomic mass is 10.0. The molecule has 1 aromatic heterocycles. The zero-order valence-corrected chi connectivity index (χ0v) is 10.7. The van der Waals surface area contributed by atoms with Gasteiger partial charge in [0.1, 0.15) is 5.76 Å². The number of hydrogen-bond donors (Lipinski definition) is 2. The Morgan fingerprint density at radius 1 is 1.38 bits per heavy atom. The van der Waals surface area contributed by atoms with Crippen LogP contribution < -0.4 is 11.1 Å². The van der Waals surface area contributed by atoms with Crippen molar-refractivity contribution in [3.05, 3.63) is 17.5 Å². The molecule has 0 aliphatic rings. The van der Waals surface area contributed by atoms with Gasteiger partial charge >= 0.3 is 0 Å². The number of aromatic nitrogens is 1. The first-order valence-electron chi connectivity index (χ1n) is 5.93. The summed E-state index contributed by atoms with van der Waals surface area (Å²) in [6, 6.07) is 2.34. The Hall–Kier alpha value is -0.870. The highest BCUT2D eigenvalue weighted by atomic mass is 16.5. The van der Waals surface area contributed by atoms with Crippen LogP contribution in [0.15, 0.2) is 10.6 Å². The molecule has 4 nitrogen and oxygen atoms in total. The minimum absolute atomic E-state index is 0.333. The summed E-state index contributed by atoms with van der Waals surface area (Å²) in [5.41, 5.74) is 6.63. The van der Waals surface area contributed by atoms with E-state index in [1.54, 1.807) is 0 Å². The van der Waals surface area contributed by atoms with Crippen molar-refractivity contribution in [2.45, 2.75) is 46.2 Å². The maximum absolute atomic E-state index is 5.68. The zero-order valence-electron chi connectivity index (χ0n) is 10.7. The van der Waals surface area contributed by atoms with Crippen molar-refractivity contribution in [2.75, 3.05) is 6.54 Å². The van der Waals surface area contributed by atoms with E-state index in [1.807, 2.05) is 6.07 Å². The molecule has 92 valence electrons. The van der Waals surface area contributed by atoms with Crippen LogP contribution >= 0.6 is 0 Å². The first-order chi connectivity index (χ1) is 7.54. The molecule has 1 heterocycles. The normalized spacial score (nSPS) is 13.7. The molecule has 0 radical (unpaired) electrons. The molecule has 0 aliphatic heterocycles. The lowest BCUT2D eigenvalue weighted by molar-refractivity contribution is 0.356. The fourth-order valence-corrected chi connectivity index (χ4v) is 1.51. The molecule has 4 heteroatoms. The first-order valence-corrected chi connectivity index (χ1v) is 5.93. The third kappa shape index (κ3) is 3.61. The highest BCUT2D eigenvalue weighted by molar-refractivity contribution is 5.08. The Labute approximate surface area is 97.6 Å². The van der Waals surface area contributed by atoms with E-state index < -0.39 is 0 Å². The first kappa shape index (κ1) is 13.2. The third-order valence-corrected chi connectivity index (χ3v) is 2.75. The summed E-state index contributed by atoms with van der Waals surface area (Å²) in [4.78, 5) is 0. The van der Waals surface area contributed by atoms with E-state index >= 15 is 0 Å². The largest absolute Gasteiger partial charge is 0.361 e. The molecule has 16 heavy (non-hydrogen) atoms. The van der Waals surface area contributed by atoms with Gasteiger partial charge in [0.25, 0.3) is 0 Å². The van der Waals surface area contributed by atoms with Gasteiger partial charge in [-0.1, -0.05) is 32.9 Å². The third-order valence-electron chi connectivity index (χ3n) is 2.75. The quantitative estimate of drug-likeness (QED) is 0.775. The Morgan fingerprint density at radius 3 is 2.50 bits per heavy atom. The summed E-state index contributed by atoms with van der Waals surface area (Å²) >= 11 is 0. The van der Waals surface area contributed by atoms with E-state index in [4.69, 9.17) is 10.3 Å². The van der Waals surface area contributed by atoms with E-state index in [-0.39, 0.29) is 0 Å². The van der Waals surface area contributed by atoms with Gasteiger partial charge in [0.05, 0.1) is 5.69 Å². The highest BCUT2D eigenvalue weighted by Crippen LogP contribution is 2.15. The predicted molar refractivity (Wildman–Crippen MR) is 65.1 cm³/mol. The second-order valence-corrected chi connectivity index (χ2v) is 4.84. The van der Waals surface area contributed by atoms with Crippen LogP contribution in [0.5, 0.6) is 0 Å². The summed E-state index contributed by atoms with van der Waals surface area (Å²) in [6.07, 6.45) is 0. The fourth-order valence-electron chi connectivity index (χ4n) is 1.51. The summed E-state index contributed by atoms with van der Waals surface area (Å²) in [6.45, 7) is 9.87. The van der Waals surface area contributed by atoms with Gasteiger partial charge in [0.15, 0.2) is 0 Å². The predicted octanol–water partition coefficient (Wildman–Crippen LogP) is 1.87. The smallest absolute Gasteiger partial charge is 0.139 e. The monoisotopic (exact) mass is 225 g/mol. The SMILES string of the molecule is CC(C)c1cc(CNC(CN)C(C)C)no1. The van der Waals surface area contributed by atoms with Gasteiger partial charge in [-0.05, 0) is 5.92 Å². The topological polar surface area (TPSA) is 64.1 Å². The number of nitrogens with zero attached hydrogens (tertiary/aromatic N) is 1. The van der Waals surface area contributed by atoms with E-state index in [1.165, 1.54) is 0 Å². The second kappa shape index (κ2) is 6.01. The van der Waals surface area contributed by atoms with Crippen LogP contribution in [0.3, 0.4) is 0 Å². The van der Waals surface area contributed by atoms with Gasteiger partial charge in [-0.2, -0.15) is 0 Å². The number of nitrogens with one attached hydrogen (secondary N) is 1. The molecule has 0 aliphatic carbocycles. The molecule has 0 saturated carbocycles. The van der Waals surface area contributed by atoms with Crippen LogP contribution in [0.2, 0.25) is 0 Å². The van der Waals surface area contributed by atoms with Crippen molar-refractivity contribution in [3.63, 3.8) is 0 Å². The van der Waals surface area contributed by atoms with Crippen molar-refractivity contribution < 1.29 is 4.52 Å². The molecule has 0 fully saturated rings. The summed E-state index contributed by atoms with van der Waals surface area (Å²) < 4.78 is 5.23. The molecule has 1 atom stereocenters. The minimum Gasteiger partial charge on any atom is -0.361 e. The summed E-state index contributed by atoms with van der Waals surface area (Å²) in [7, 11) is 0. The van der Waals surface area contributed by atoms with E-state index in [2.05, 4.69) is 38.2 Å². The Balaban J connectivity index is 2.47. The van der Waals surface area contributed by atoms with Gasteiger partial charge in [0.2, 0.25) is 0 Å². The second-order valence-electron chi connectivity index (χ2n) is 4.84. The molecule has 0 amide bonds. The van der Waals surface area contributed by atoms with Gasteiger partial charge < -0.3 is 15.6 Å². The van der Waals surface area contributed by atoms with Crippen LogP contribution in [0.25, 0.3) is 0 Å². The van der Waals surface area contributed by atoms with E-state index in [9.17, 15) is 0 Å². The van der Waals surface area contributed by atoms with Crippen molar-refractivity contribution in [3.8, 4) is 0 Å². The average Bonchev–Trinajstić information content (AvgIpc) is 2.67. The Kier molecular flexibility index (Phi) is 4.96. The standard InChI is InChI=1S/C12H23N3O/c1-8(2)11(6-13)14-7-10-5-12(9(3)4)16-15-10/h5,8-9,11,14H,6-7,13H2,1-4H3. The lowest BCUT2D eigenvalue weighted by Gasteiger charge is -2.19. The molecule has 1 aromatic rings. The van der Waals surface area contributed by atoms with Crippen LogP contribution in [-0.2, 0) is 6.54 Å². The molecule has 0 saturated heterocycles. The Bertz CT molecular complexity index is 307. The number of nitrogens with two attached hydrogens (primary N) is 1. The van der Waals surface area contributed by atoms with Gasteiger partial charge in [-0.25, -0.2) is 0 Å². The van der Waals surface area contributed by atoms with Crippen molar-refractivity contribution in [2.24, 2.45) is 11.7 Å². The number of rotatable bonds is 6. The van der Waals surface area contributed by atoms with Crippen LogP contribution in [0.4, 0.5) is 0 Å². The molecular formula is C12H23N3O. The molecule has 1 rings (SSSR count). The molecule has 3 N–H and O–H groups in total. The van der Waals surface area contributed by atoms with Crippen LogP contribution in [0.1, 0.15) is 45.1 Å². The van der Waals surface area contributed by atoms with Crippen molar-refractivity contribution in [1.29, 1.82) is 0 Å². The van der Waals surface area contributed by atoms with Crippen LogP contribution in [0, 0.1) is 5.92 Å². The van der Waals surface area contributed by atoms with E-state index in [0.29, 0.717) is 24.4 Å². The van der Waals surface area contributed by atoms with Gasteiger partial charge in [-0.3, -0.25) is 0 Å². The van der Waals surface area contributed by atoms with Gasteiger partial charge in [0, 0.05) is 31.1 Å². The van der Waals surface area contributed by atoms with Crippen LogP contribution in [-0.4, -0.2) is 17.7 Å². The average molecular weight is 225 g/mol. The maximum Gasteiger partial charge on any atom is 0.139 e. The fraction of sp³-hybridized carbons (Fsp3) is 0.750.